The fourth-order valence-electron chi connectivity index (χ4n) is 2.53. The third kappa shape index (κ3) is 4.68. The Bertz CT molecular complexity index is 1020. The zero-order valence-corrected chi connectivity index (χ0v) is 17.2. The summed E-state index contributed by atoms with van der Waals surface area (Å²) in [5.41, 5.74) is 2.02. The van der Waals surface area contributed by atoms with E-state index in [1.807, 2.05) is 24.3 Å². The summed E-state index contributed by atoms with van der Waals surface area (Å²) in [5, 5.41) is 16.2. The highest BCUT2D eigenvalue weighted by Gasteiger charge is 2.15. The molecule has 0 bridgehead atoms. The lowest BCUT2D eigenvalue weighted by Crippen LogP contribution is -2.24. The van der Waals surface area contributed by atoms with Crippen molar-refractivity contribution in [3.63, 3.8) is 0 Å². The minimum absolute atomic E-state index is 0.0291. The van der Waals surface area contributed by atoms with Crippen LogP contribution in [0.4, 0.5) is 5.00 Å². The second-order valence-electron chi connectivity index (χ2n) is 5.74. The number of carboxylic acid groups (broad SMARTS) is 1. The zero-order valence-electron chi connectivity index (χ0n) is 14.8. The largest absolute Gasteiger partial charge is 0.545 e. The lowest BCUT2D eigenvalue weighted by Gasteiger charge is -2.09. The number of ether oxygens (including phenoxy) is 1. The number of thiophene rings is 1. The predicted octanol–water partition coefficient (Wildman–Crippen LogP) is 4.20. The van der Waals surface area contributed by atoms with Crippen molar-refractivity contribution in [1.29, 1.82) is 0 Å². The van der Waals surface area contributed by atoms with E-state index in [1.165, 1.54) is 6.08 Å². The van der Waals surface area contributed by atoms with E-state index in [0.29, 0.717) is 5.56 Å². The number of carbonyl (C=O) groups is 2. The van der Waals surface area contributed by atoms with E-state index >= 15 is 0 Å². The fraction of sp³-hybridized carbons (Fsp3) is 0.0476. The number of carboxylic acids is 1. The Kier molecular flexibility index (Phi) is 6.28. The molecule has 7 heteroatoms. The molecule has 1 amide bonds. The topological polar surface area (TPSA) is 78.5 Å². The number of aromatic carboxylic acids is 1. The van der Waals surface area contributed by atoms with Gasteiger partial charge < -0.3 is 20.0 Å². The molecule has 3 aromatic rings. The maximum atomic E-state index is 12.2. The Morgan fingerprint density at radius 1 is 1.11 bits per heavy atom. The molecular weight excluding hydrogens is 442 g/mol. The first-order chi connectivity index (χ1) is 13.5. The van der Waals surface area contributed by atoms with Gasteiger partial charge in [-0.05, 0) is 41.5 Å². The molecule has 0 aliphatic rings. The average molecular weight is 457 g/mol. The standard InChI is InChI=1S/C21H16BrNO4S/c1-27-16-9-2-13(3-10-16)4-11-18(24)23-20-19(21(25)26)17(12-28-20)14-5-7-15(22)8-6-14/h2-12H,1H3,(H,23,24)(H,25,26)/p-1/b11-4+. The van der Waals surface area contributed by atoms with Crippen LogP contribution in [0.5, 0.6) is 5.75 Å². The van der Waals surface area contributed by atoms with Gasteiger partial charge in [0.2, 0.25) is 5.91 Å². The number of anilines is 1. The number of hydrogen-bond donors (Lipinski definition) is 1. The Morgan fingerprint density at radius 2 is 1.79 bits per heavy atom. The van der Waals surface area contributed by atoms with Crippen LogP contribution in [0.1, 0.15) is 15.9 Å². The summed E-state index contributed by atoms with van der Waals surface area (Å²) in [7, 11) is 1.58. The van der Waals surface area contributed by atoms with E-state index in [1.54, 1.807) is 42.8 Å². The number of carbonyl (C=O) groups excluding carboxylic acids is 2. The molecular formula is C21H15BrNO4S-. The summed E-state index contributed by atoms with van der Waals surface area (Å²) in [4.78, 5) is 23.9. The van der Waals surface area contributed by atoms with Crippen molar-refractivity contribution in [1.82, 2.24) is 0 Å². The van der Waals surface area contributed by atoms with E-state index in [0.717, 1.165) is 32.7 Å². The summed E-state index contributed by atoms with van der Waals surface area (Å²) in [6, 6.07) is 14.4. The molecule has 0 unspecified atom stereocenters. The lowest BCUT2D eigenvalue weighted by atomic mass is 10.0. The number of hydrogen-bond acceptors (Lipinski definition) is 5. The maximum Gasteiger partial charge on any atom is 0.249 e. The van der Waals surface area contributed by atoms with Crippen molar-refractivity contribution in [2.75, 3.05) is 12.4 Å². The molecule has 1 aromatic heterocycles. The van der Waals surface area contributed by atoms with Gasteiger partial charge in [-0.2, -0.15) is 0 Å². The molecule has 0 radical (unpaired) electrons. The van der Waals surface area contributed by atoms with Crippen LogP contribution in [0.25, 0.3) is 17.2 Å². The van der Waals surface area contributed by atoms with Crippen LogP contribution < -0.4 is 15.2 Å². The van der Waals surface area contributed by atoms with Gasteiger partial charge in [0, 0.05) is 27.1 Å². The Labute approximate surface area is 174 Å². The molecule has 0 fully saturated rings. The van der Waals surface area contributed by atoms with Gasteiger partial charge in [0.25, 0.3) is 0 Å². The molecule has 142 valence electrons. The number of nitrogens with one attached hydrogen (secondary N) is 1. The second-order valence-corrected chi connectivity index (χ2v) is 7.54. The van der Waals surface area contributed by atoms with Gasteiger partial charge in [-0.1, -0.05) is 40.2 Å². The van der Waals surface area contributed by atoms with Crippen LogP contribution in [0.2, 0.25) is 0 Å². The van der Waals surface area contributed by atoms with Crippen LogP contribution in [-0.4, -0.2) is 19.0 Å². The lowest BCUT2D eigenvalue weighted by molar-refractivity contribution is -0.254. The van der Waals surface area contributed by atoms with Crippen LogP contribution >= 0.6 is 27.3 Å². The Hall–Kier alpha value is -2.90. The highest BCUT2D eigenvalue weighted by molar-refractivity contribution is 9.10. The second kappa shape index (κ2) is 8.86. The molecule has 0 saturated heterocycles. The molecule has 0 aliphatic carbocycles. The highest BCUT2D eigenvalue weighted by atomic mass is 79.9. The fourth-order valence-corrected chi connectivity index (χ4v) is 3.76. The van der Waals surface area contributed by atoms with Gasteiger partial charge in [-0.15, -0.1) is 11.3 Å². The predicted molar refractivity (Wildman–Crippen MR) is 112 cm³/mol. The van der Waals surface area contributed by atoms with Crippen molar-refractivity contribution in [3.8, 4) is 16.9 Å². The summed E-state index contributed by atoms with van der Waals surface area (Å²) in [6.07, 6.45) is 2.98. The van der Waals surface area contributed by atoms with Crippen molar-refractivity contribution in [3.05, 3.63) is 75.6 Å². The SMILES string of the molecule is COc1ccc(/C=C/C(=O)Nc2scc(-c3ccc(Br)cc3)c2C(=O)[O-])cc1. The first-order valence-corrected chi connectivity index (χ1v) is 9.87. The third-order valence-corrected chi connectivity index (χ3v) is 5.35. The normalized spacial score (nSPS) is 10.8. The van der Waals surface area contributed by atoms with Crippen molar-refractivity contribution in [2.45, 2.75) is 0 Å². The Morgan fingerprint density at radius 3 is 2.39 bits per heavy atom. The molecule has 28 heavy (non-hydrogen) atoms. The molecule has 1 N–H and O–H groups in total. The van der Waals surface area contributed by atoms with Crippen molar-refractivity contribution < 1.29 is 19.4 Å². The van der Waals surface area contributed by atoms with E-state index in [4.69, 9.17) is 4.74 Å². The number of methoxy groups -OCH3 is 1. The van der Waals surface area contributed by atoms with E-state index in [-0.39, 0.29) is 10.6 Å². The van der Waals surface area contributed by atoms with E-state index in [9.17, 15) is 14.7 Å². The number of rotatable bonds is 6. The molecule has 2 aromatic carbocycles. The molecule has 5 nitrogen and oxygen atoms in total. The monoisotopic (exact) mass is 456 g/mol. The van der Waals surface area contributed by atoms with Gasteiger partial charge in [-0.25, -0.2) is 0 Å². The summed E-state index contributed by atoms with van der Waals surface area (Å²) >= 11 is 4.49. The van der Waals surface area contributed by atoms with Crippen LogP contribution in [0, 0.1) is 0 Å². The van der Waals surface area contributed by atoms with Crippen molar-refractivity contribution >= 4 is 50.2 Å². The van der Waals surface area contributed by atoms with Gasteiger partial charge in [0.05, 0.1) is 13.1 Å². The Balaban J connectivity index is 1.79. The molecule has 1 heterocycles. The molecule has 0 aliphatic heterocycles. The highest BCUT2D eigenvalue weighted by Crippen LogP contribution is 2.35. The number of benzene rings is 2. The summed E-state index contributed by atoms with van der Waals surface area (Å²) < 4.78 is 5.98. The van der Waals surface area contributed by atoms with Crippen LogP contribution in [-0.2, 0) is 4.79 Å². The van der Waals surface area contributed by atoms with Crippen molar-refractivity contribution in [2.24, 2.45) is 0 Å². The zero-order chi connectivity index (χ0) is 20.1. The first-order valence-electron chi connectivity index (χ1n) is 8.20. The molecule has 0 saturated carbocycles. The minimum atomic E-state index is -1.34. The van der Waals surface area contributed by atoms with Gasteiger partial charge in [0.1, 0.15) is 10.8 Å². The summed E-state index contributed by atoms with van der Waals surface area (Å²) in [5.74, 6) is -1.05. The third-order valence-electron chi connectivity index (χ3n) is 3.93. The number of halogens is 1. The summed E-state index contributed by atoms with van der Waals surface area (Å²) in [6.45, 7) is 0. The van der Waals surface area contributed by atoms with Gasteiger partial charge in [0.15, 0.2) is 0 Å². The first kappa shape index (κ1) is 19.9. The van der Waals surface area contributed by atoms with E-state index < -0.39 is 11.9 Å². The molecule has 0 atom stereocenters. The maximum absolute atomic E-state index is 12.2. The van der Waals surface area contributed by atoms with Crippen LogP contribution in [0.15, 0.2) is 64.5 Å². The molecule has 0 spiro atoms. The number of amides is 1. The van der Waals surface area contributed by atoms with E-state index in [2.05, 4.69) is 21.2 Å². The average Bonchev–Trinajstić information content (AvgIpc) is 3.11. The van der Waals surface area contributed by atoms with Crippen LogP contribution in [0.3, 0.4) is 0 Å². The smallest absolute Gasteiger partial charge is 0.249 e. The van der Waals surface area contributed by atoms with Gasteiger partial charge in [-0.3, -0.25) is 4.79 Å². The quantitative estimate of drug-likeness (QED) is 0.563. The van der Waals surface area contributed by atoms with Gasteiger partial charge >= 0.3 is 0 Å². The minimum Gasteiger partial charge on any atom is -0.545 e. The molecule has 3 rings (SSSR count).